The molecule has 368 valence electrons. The predicted octanol–water partition coefficient (Wildman–Crippen LogP) is 9.16. The number of nitrogens with zero attached hydrogens (tertiary/aromatic N) is 3. The molecule has 68 heavy (non-hydrogen) atoms. The van der Waals surface area contributed by atoms with E-state index < -0.39 is 77.2 Å². The Morgan fingerprint density at radius 3 is 2.09 bits per heavy atom. The average Bonchev–Trinajstić information content (AvgIpc) is 4.08. The first-order valence-electron chi connectivity index (χ1n) is 22.1. The maximum atomic E-state index is 13.4. The third-order valence-corrected chi connectivity index (χ3v) is 14.3. The van der Waals surface area contributed by atoms with Crippen LogP contribution in [-0.4, -0.2) is 105 Å². The van der Waals surface area contributed by atoms with E-state index in [1.807, 2.05) is 0 Å². The minimum absolute atomic E-state index is 0.0438. The van der Waals surface area contributed by atoms with Gasteiger partial charge < -0.3 is 44.3 Å². The van der Waals surface area contributed by atoms with Crippen LogP contribution in [0.15, 0.2) is 71.8 Å². The first-order chi connectivity index (χ1) is 31.7. The normalized spacial score (nSPS) is 13.5. The summed E-state index contributed by atoms with van der Waals surface area (Å²) >= 11 is 0. The molecule has 1 aromatic heterocycles. The lowest BCUT2D eigenvalue weighted by Crippen LogP contribution is -2.44. The molecule has 18 nitrogen and oxygen atoms in total. The molecule has 0 spiro atoms. The zero-order chi connectivity index (χ0) is 50.4. The van der Waals surface area contributed by atoms with E-state index in [0.717, 1.165) is 10.9 Å². The number of ether oxygens (including phenoxy) is 5. The first kappa shape index (κ1) is 52.7. The van der Waals surface area contributed by atoms with Crippen molar-refractivity contribution in [2.75, 3.05) is 42.9 Å². The van der Waals surface area contributed by atoms with Gasteiger partial charge in [0.25, 0.3) is 0 Å². The Morgan fingerprint density at radius 2 is 1.50 bits per heavy atom. The number of pyridine rings is 1. The second-order valence-electron chi connectivity index (χ2n) is 19.7. The minimum atomic E-state index is -3.66. The number of nitrogens with one attached hydrogen (secondary N) is 2. The van der Waals surface area contributed by atoms with Crippen LogP contribution in [0.4, 0.5) is 31.6 Å². The highest BCUT2D eigenvalue weighted by Crippen LogP contribution is 2.37. The molecule has 4 aromatic rings. The van der Waals surface area contributed by atoms with Crippen LogP contribution in [0, 0.1) is 0 Å². The number of carboxylic acids is 1. The molecule has 0 aliphatic heterocycles. The van der Waals surface area contributed by atoms with Gasteiger partial charge in [-0.25, -0.2) is 32.6 Å². The lowest BCUT2D eigenvalue weighted by Gasteiger charge is -2.28. The van der Waals surface area contributed by atoms with Crippen molar-refractivity contribution in [3.8, 4) is 5.75 Å². The molecular weight excluding hydrogens is 915 g/mol. The number of amides is 4. The Balaban J connectivity index is 1.30. The van der Waals surface area contributed by atoms with Crippen molar-refractivity contribution in [2.45, 2.75) is 121 Å². The fourth-order valence-corrected chi connectivity index (χ4v) is 9.36. The van der Waals surface area contributed by atoms with Gasteiger partial charge in [-0.1, -0.05) is 25.7 Å². The van der Waals surface area contributed by atoms with Crippen LogP contribution in [0.3, 0.4) is 0 Å². The van der Waals surface area contributed by atoms with Crippen molar-refractivity contribution in [1.82, 2.24) is 9.88 Å². The molecule has 0 radical (unpaired) electrons. The highest BCUT2D eigenvalue weighted by atomic mass is 32.2. The number of rotatable bonds is 18. The summed E-state index contributed by atoms with van der Waals surface area (Å²) in [7, 11) is -2.14. The van der Waals surface area contributed by atoms with Gasteiger partial charge in [-0.05, 0) is 132 Å². The first-order valence-corrected chi connectivity index (χ1v) is 27.3. The highest BCUT2D eigenvalue weighted by molar-refractivity contribution is 7.92. The monoisotopic (exact) mass is 977 g/mol. The van der Waals surface area contributed by atoms with Gasteiger partial charge in [0.2, 0.25) is 5.91 Å². The number of imide groups is 1. The van der Waals surface area contributed by atoms with Crippen LogP contribution in [0.1, 0.15) is 77.1 Å². The van der Waals surface area contributed by atoms with Gasteiger partial charge >= 0.3 is 24.2 Å². The van der Waals surface area contributed by atoms with Gasteiger partial charge in [0.1, 0.15) is 23.6 Å². The summed E-state index contributed by atoms with van der Waals surface area (Å²) in [6.45, 7) is 16.1. The van der Waals surface area contributed by atoms with E-state index in [1.54, 1.807) is 84.0 Å². The summed E-state index contributed by atoms with van der Waals surface area (Å²) in [5, 5.41) is 16.6. The third kappa shape index (κ3) is 14.6. The van der Waals surface area contributed by atoms with Crippen molar-refractivity contribution < 1.29 is 61.2 Å². The smallest absolute Gasteiger partial charge is 0.425 e. The van der Waals surface area contributed by atoms with Gasteiger partial charge in [-0.3, -0.25) is 4.79 Å². The summed E-state index contributed by atoms with van der Waals surface area (Å²) in [5.41, 5.74) is -0.0969. The van der Waals surface area contributed by atoms with Gasteiger partial charge in [0.15, 0.2) is 21.7 Å². The van der Waals surface area contributed by atoms with Crippen LogP contribution in [0.25, 0.3) is 10.8 Å². The maximum Gasteiger partial charge on any atom is 0.425 e. The number of carboxylic acid groups (broad SMARTS) is 1. The van der Waals surface area contributed by atoms with Crippen LogP contribution in [0.5, 0.6) is 5.75 Å². The summed E-state index contributed by atoms with van der Waals surface area (Å²) in [4.78, 5) is 72.1. The number of carbonyl (C=O) groups is 5. The zero-order valence-electron chi connectivity index (χ0n) is 40.6. The molecule has 5 rings (SSSR count). The van der Waals surface area contributed by atoms with E-state index in [0.29, 0.717) is 57.4 Å². The molecule has 1 atom stereocenters. The van der Waals surface area contributed by atoms with Crippen LogP contribution >= 0.6 is 0 Å². The number of fused-ring (bicyclic) bond motifs is 1. The summed E-state index contributed by atoms with van der Waals surface area (Å²) in [6.07, 6.45) is -0.0613. The Labute approximate surface area is 398 Å². The van der Waals surface area contributed by atoms with Crippen LogP contribution < -0.4 is 20.3 Å². The number of anilines is 3. The van der Waals surface area contributed by atoms with E-state index in [-0.39, 0.29) is 30.5 Å². The fraction of sp³-hybridized carbons (Fsp3) is 0.458. The second kappa shape index (κ2) is 21.4. The SMILES string of the molecule is COc1ccc(C(Nc2ccc3c(N(C(=O)OC(C)(C)C)C(=O)OC(C)(C)C)nccc3c2)C(=O)O)cc1COCC(=O)Nc1ccc(S(=O)(=O)C2CC2)c(CN(C)C(=O)OCC[Si](C)(C)C)c1. The van der Waals surface area contributed by atoms with Crippen molar-refractivity contribution in [2.24, 2.45) is 0 Å². The maximum absolute atomic E-state index is 13.4. The topological polar surface area (TPSA) is 229 Å². The van der Waals surface area contributed by atoms with Crippen molar-refractivity contribution in [3.05, 3.63) is 83.6 Å². The number of benzene rings is 3. The molecule has 1 unspecified atom stereocenters. The minimum Gasteiger partial charge on any atom is -0.496 e. The number of methoxy groups -OCH3 is 1. The standard InChI is InChI=1S/C48H63N5O13SSi/c1-47(2,3)65-45(58)53(46(59)66-48(4,5)6)42-37-17-13-35(25-30(37)20-21-49-42)51-41(43(55)56)31-12-18-38(62-8)33(24-31)28-63-29-40(54)50-34-14-19-39(67(60,61)36-15-16-36)32(26-34)27-52(7)44(57)64-22-23-68(9,10)11/h12-14,17-21,24-26,36,41,51H,15-16,22-23,27-29H2,1-11H3,(H,50,54)(H,55,56). The molecule has 1 fully saturated rings. The van der Waals surface area contributed by atoms with Crippen molar-refractivity contribution >= 4 is 76.0 Å². The van der Waals surface area contributed by atoms with E-state index in [4.69, 9.17) is 23.7 Å². The summed E-state index contributed by atoms with van der Waals surface area (Å²) in [6, 6.07) is 15.2. The number of carbonyl (C=O) groups excluding carboxylic acids is 4. The zero-order valence-corrected chi connectivity index (χ0v) is 42.4. The van der Waals surface area contributed by atoms with Gasteiger partial charge in [0.05, 0.1) is 37.0 Å². The molecule has 20 heteroatoms. The van der Waals surface area contributed by atoms with Crippen LogP contribution in [-0.2, 0) is 51.5 Å². The van der Waals surface area contributed by atoms with E-state index in [9.17, 15) is 37.5 Å². The molecule has 1 aliphatic rings. The Kier molecular flexibility index (Phi) is 16.6. The number of aliphatic carboxylic acids is 1. The van der Waals surface area contributed by atoms with Gasteiger partial charge in [0, 0.05) is 43.6 Å². The molecule has 4 amide bonds. The van der Waals surface area contributed by atoms with Gasteiger partial charge in [-0.15, -0.1) is 0 Å². The summed E-state index contributed by atoms with van der Waals surface area (Å²) < 4.78 is 54.6. The van der Waals surface area contributed by atoms with Crippen LogP contribution in [0.2, 0.25) is 25.7 Å². The molecule has 0 saturated heterocycles. The highest BCUT2D eigenvalue weighted by Gasteiger charge is 2.39. The van der Waals surface area contributed by atoms with E-state index in [2.05, 4.69) is 35.3 Å². The number of sulfone groups is 1. The molecule has 3 aromatic carbocycles. The Hall–Kier alpha value is -6.25. The average molecular weight is 978 g/mol. The molecule has 1 aliphatic carbocycles. The molecule has 0 bridgehead atoms. The lowest BCUT2D eigenvalue weighted by molar-refractivity contribution is -0.138. The van der Waals surface area contributed by atoms with E-state index >= 15 is 0 Å². The predicted molar refractivity (Wildman–Crippen MR) is 260 cm³/mol. The second-order valence-corrected chi connectivity index (χ2v) is 27.6. The molecule has 3 N–H and O–H groups in total. The largest absolute Gasteiger partial charge is 0.496 e. The lowest BCUT2D eigenvalue weighted by atomic mass is 10.0. The molecular formula is C48H63N5O13SSi. The fourth-order valence-electron chi connectivity index (χ4n) is 6.78. The van der Waals surface area contributed by atoms with E-state index in [1.165, 1.54) is 43.5 Å². The van der Waals surface area contributed by atoms with Crippen molar-refractivity contribution in [1.29, 1.82) is 0 Å². The number of aromatic nitrogens is 1. The van der Waals surface area contributed by atoms with Gasteiger partial charge in [-0.2, -0.15) is 4.90 Å². The Bertz CT molecular complexity index is 2610. The Morgan fingerprint density at radius 1 is 0.853 bits per heavy atom. The number of hydrogen-bond donors (Lipinski definition) is 3. The third-order valence-electron chi connectivity index (χ3n) is 10.2. The quantitative estimate of drug-likeness (QED) is 0.0623. The molecule has 1 heterocycles. The molecule has 1 saturated carbocycles. The number of hydrogen-bond acceptors (Lipinski definition) is 14. The van der Waals surface area contributed by atoms with Crippen molar-refractivity contribution in [3.63, 3.8) is 0 Å². The summed E-state index contributed by atoms with van der Waals surface area (Å²) in [5.74, 6) is -1.43.